The SMILES string of the molecule is OC[C@H]1O[C@@](CO)(O[C@H]2CO[C@](O)(CO)[C@@H](O)[C@@H]2O)[C@@H](O)[C@@H]1O. The summed E-state index contributed by atoms with van der Waals surface area (Å²) in [6.45, 7) is -3.06. The Balaban J connectivity index is 2.14. The van der Waals surface area contributed by atoms with Crippen molar-refractivity contribution in [3.05, 3.63) is 0 Å². The summed E-state index contributed by atoms with van der Waals surface area (Å²) in [7, 11) is 0. The van der Waals surface area contributed by atoms with Gasteiger partial charge in [-0.15, -0.1) is 0 Å². The van der Waals surface area contributed by atoms with E-state index in [1.807, 2.05) is 0 Å². The minimum absolute atomic E-state index is 0.507. The molecule has 0 radical (unpaired) electrons. The van der Waals surface area contributed by atoms with E-state index in [0.717, 1.165) is 0 Å². The summed E-state index contributed by atoms with van der Waals surface area (Å²) >= 11 is 0. The van der Waals surface area contributed by atoms with Crippen LogP contribution < -0.4 is 0 Å². The first-order chi connectivity index (χ1) is 10.7. The maximum atomic E-state index is 10.00. The third-order valence-electron chi connectivity index (χ3n) is 4.15. The molecule has 8 atom stereocenters. The predicted octanol–water partition coefficient (Wildman–Crippen LogP) is -5.39. The van der Waals surface area contributed by atoms with Gasteiger partial charge < -0.3 is 55.1 Å². The van der Waals surface area contributed by atoms with Crippen LogP contribution in [0.3, 0.4) is 0 Å². The number of hydrogen-bond acceptors (Lipinski definition) is 11. The smallest absolute Gasteiger partial charge is 0.222 e. The van der Waals surface area contributed by atoms with Crippen LogP contribution in [0.1, 0.15) is 0 Å². The molecule has 2 aliphatic heterocycles. The monoisotopic (exact) mass is 342 g/mol. The van der Waals surface area contributed by atoms with Crippen LogP contribution in [0, 0.1) is 0 Å². The second kappa shape index (κ2) is 6.82. The first-order valence-electron chi connectivity index (χ1n) is 7.01. The van der Waals surface area contributed by atoms with E-state index in [9.17, 15) is 30.6 Å². The van der Waals surface area contributed by atoms with E-state index in [1.54, 1.807) is 0 Å². The largest absolute Gasteiger partial charge is 0.394 e. The van der Waals surface area contributed by atoms with Gasteiger partial charge in [0, 0.05) is 0 Å². The van der Waals surface area contributed by atoms with E-state index in [-0.39, 0.29) is 0 Å². The molecule has 2 rings (SSSR count). The number of hydrogen-bond donors (Lipinski definition) is 8. The lowest BCUT2D eigenvalue weighted by Crippen LogP contribution is -2.65. The standard InChI is InChI=1S/C12H22O11/c13-1-5-7(16)10(19)12(4-15,22-5)23-6-2-21-11(20,3-14)9(18)8(6)17/h5-10,13-20H,1-4H2/t5-,6+,7-,8-,9+,10+,11-,12+/m1/s1. The number of aliphatic hydroxyl groups excluding tert-OH is 7. The highest BCUT2D eigenvalue weighted by Gasteiger charge is 2.58. The molecule has 0 spiro atoms. The van der Waals surface area contributed by atoms with E-state index in [0.29, 0.717) is 0 Å². The van der Waals surface area contributed by atoms with E-state index < -0.39 is 74.6 Å². The van der Waals surface area contributed by atoms with Gasteiger partial charge in [-0.05, 0) is 0 Å². The van der Waals surface area contributed by atoms with Crippen molar-refractivity contribution in [3.8, 4) is 0 Å². The summed E-state index contributed by atoms with van der Waals surface area (Å²) in [4.78, 5) is 0. The second-order valence-electron chi connectivity index (χ2n) is 5.65. The molecule has 2 saturated heterocycles. The molecule has 0 aromatic rings. The molecule has 2 fully saturated rings. The highest BCUT2D eigenvalue weighted by Crippen LogP contribution is 2.36. The first-order valence-corrected chi connectivity index (χ1v) is 7.01. The van der Waals surface area contributed by atoms with Gasteiger partial charge in [0.1, 0.15) is 43.2 Å². The Labute approximate surface area is 130 Å². The average molecular weight is 342 g/mol. The first kappa shape index (κ1) is 18.9. The topological polar surface area (TPSA) is 190 Å². The summed E-state index contributed by atoms with van der Waals surface area (Å²) in [5, 5.41) is 76.8. The molecule has 2 aliphatic rings. The summed E-state index contributed by atoms with van der Waals surface area (Å²) in [6.07, 6.45) is -9.55. The zero-order valence-electron chi connectivity index (χ0n) is 12.1. The second-order valence-corrected chi connectivity index (χ2v) is 5.65. The van der Waals surface area contributed by atoms with Crippen LogP contribution in [-0.2, 0) is 14.2 Å². The summed E-state index contributed by atoms with van der Waals surface area (Å²) in [5.74, 6) is -4.54. The van der Waals surface area contributed by atoms with Gasteiger partial charge in [-0.1, -0.05) is 0 Å². The fourth-order valence-electron chi connectivity index (χ4n) is 2.65. The molecule has 8 N–H and O–H groups in total. The van der Waals surface area contributed by atoms with Crippen molar-refractivity contribution >= 4 is 0 Å². The van der Waals surface area contributed by atoms with Crippen molar-refractivity contribution in [2.24, 2.45) is 0 Å². The molecular formula is C12H22O11. The van der Waals surface area contributed by atoms with Gasteiger partial charge in [0.25, 0.3) is 0 Å². The highest BCUT2D eigenvalue weighted by molar-refractivity contribution is 4.99. The zero-order valence-corrected chi connectivity index (χ0v) is 12.1. The lowest BCUT2D eigenvalue weighted by molar-refractivity contribution is -0.371. The molecular weight excluding hydrogens is 320 g/mol. The molecule has 0 bridgehead atoms. The Morgan fingerprint density at radius 2 is 1.61 bits per heavy atom. The molecule has 0 aromatic carbocycles. The fourth-order valence-corrected chi connectivity index (χ4v) is 2.65. The summed E-state index contributed by atoms with van der Waals surface area (Å²) in [6, 6.07) is 0. The van der Waals surface area contributed by atoms with Crippen LogP contribution in [0.25, 0.3) is 0 Å². The van der Waals surface area contributed by atoms with Gasteiger partial charge in [-0.2, -0.15) is 0 Å². The summed E-state index contributed by atoms with van der Waals surface area (Å²) in [5.41, 5.74) is 0. The van der Waals surface area contributed by atoms with Crippen LogP contribution in [0.15, 0.2) is 0 Å². The lowest BCUT2D eigenvalue weighted by Gasteiger charge is -2.44. The van der Waals surface area contributed by atoms with Gasteiger partial charge in [0.2, 0.25) is 11.6 Å². The Morgan fingerprint density at radius 1 is 0.957 bits per heavy atom. The predicted molar refractivity (Wildman–Crippen MR) is 68.7 cm³/mol. The maximum Gasteiger partial charge on any atom is 0.222 e. The Bertz CT molecular complexity index is 408. The molecule has 0 aromatic heterocycles. The molecule has 136 valence electrons. The van der Waals surface area contributed by atoms with Gasteiger partial charge in [-0.25, -0.2) is 0 Å². The minimum Gasteiger partial charge on any atom is -0.394 e. The van der Waals surface area contributed by atoms with Crippen molar-refractivity contribution in [3.63, 3.8) is 0 Å². The van der Waals surface area contributed by atoms with Crippen molar-refractivity contribution in [1.82, 2.24) is 0 Å². The van der Waals surface area contributed by atoms with E-state index >= 15 is 0 Å². The van der Waals surface area contributed by atoms with E-state index in [4.69, 9.17) is 24.4 Å². The third-order valence-corrected chi connectivity index (χ3v) is 4.15. The molecule has 11 nitrogen and oxygen atoms in total. The molecule has 2 heterocycles. The Morgan fingerprint density at radius 3 is 2.09 bits per heavy atom. The Hall–Kier alpha value is -0.440. The number of aliphatic hydroxyl groups is 8. The molecule has 23 heavy (non-hydrogen) atoms. The van der Waals surface area contributed by atoms with Gasteiger partial charge in [0.15, 0.2) is 0 Å². The average Bonchev–Trinajstić information content (AvgIpc) is 2.80. The van der Waals surface area contributed by atoms with E-state index in [2.05, 4.69) is 0 Å². The van der Waals surface area contributed by atoms with Crippen LogP contribution in [-0.4, -0.2) is 115 Å². The number of rotatable bonds is 5. The third kappa shape index (κ3) is 3.10. The van der Waals surface area contributed by atoms with E-state index in [1.165, 1.54) is 0 Å². The van der Waals surface area contributed by atoms with Crippen molar-refractivity contribution in [1.29, 1.82) is 0 Å². The zero-order chi connectivity index (χ0) is 17.4. The summed E-state index contributed by atoms with van der Waals surface area (Å²) < 4.78 is 15.3. The lowest BCUT2D eigenvalue weighted by atomic mass is 9.96. The highest BCUT2D eigenvalue weighted by atomic mass is 16.8. The molecule has 0 aliphatic carbocycles. The Kier molecular flexibility index (Phi) is 5.60. The fraction of sp³-hybridized carbons (Fsp3) is 1.00. The van der Waals surface area contributed by atoms with Crippen LogP contribution in [0.4, 0.5) is 0 Å². The normalized spacial score (nSPS) is 51.1. The molecule has 11 heteroatoms. The van der Waals surface area contributed by atoms with Crippen LogP contribution in [0.5, 0.6) is 0 Å². The number of ether oxygens (including phenoxy) is 3. The van der Waals surface area contributed by atoms with Crippen LogP contribution in [0.2, 0.25) is 0 Å². The van der Waals surface area contributed by atoms with Gasteiger partial charge in [-0.3, -0.25) is 0 Å². The molecule has 0 unspecified atom stereocenters. The minimum atomic E-state index is -2.38. The van der Waals surface area contributed by atoms with Crippen LogP contribution >= 0.6 is 0 Å². The molecule has 0 amide bonds. The quantitative estimate of drug-likeness (QED) is 0.238. The molecule has 0 saturated carbocycles. The van der Waals surface area contributed by atoms with Crippen molar-refractivity contribution in [2.45, 2.75) is 48.2 Å². The van der Waals surface area contributed by atoms with Gasteiger partial charge >= 0.3 is 0 Å². The maximum absolute atomic E-state index is 10.00. The van der Waals surface area contributed by atoms with Crippen molar-refractivity contribution in [2.75, 3.05) is 26.4 Å². The van der Waals surface area contributed by atoms with Crippen molar-refractivity contribution < 1.29 is 55.1 Å². The van der Waals surface area contributed by atoms with Gasteiger partial charge in [0.05, 0.1) is 19.8 Å².